The van der Waals surface area contributed by atoms with Gasteiger partial charge in [0.05, 0.1) is 5.60 Å². The number of halogens is 2. The number of hydrogen-bond donors (Lipinski definition) is 2. The predicted molar refractivity (Wildman–Crippen MR) is 83.0 cm³/mol. The van der Waals surface area contributed by atoms with Gasteiger partial charge < -0.3 is 10.4 Å². The van der Waals surface area contributed by atoms with Crippen LogP contribution in [0, 0.1) is 0 Å². The monoisotopic (exact) mass is 303 g/mol. The molecule has 1 rings (SSSR count). The van der Waals surface area contributed by atoms with Crippen LogP contribution in [0.2, 0.25) is 10.0 Å². The average Bonchev–Trinajstić information content (AvgIpc) is 2.32. The third-order valence-corrected chi connectivity index (χ3v) is 3.83. The Labute approximate surface area is 126 Å². The molecule has 19 heavy (non-hydrogen) atoms. The maximum Gasteiger partial charge on any atom is 0.0743 e. The zero-order valence-electron chi connectivity index (χ0n) is 11.8. The summed E-state index contributed by atoms with van der Waals surface area (Å²) in [5, 5.41) is 14.9. The van der Waals surface area contributed by atoms with E-state index in [2.05, 4.69) is 19.2 Å². The summed E-state index contributed by atoms with van der Waals surface area (Å²) in [6.45, 7) is 6.58. The first-order valence-electron chi connectivity index (χ1n) is 6.80. The third-order valence-electron chi connectivity index (χ3n) is 3.26. The smallest absolute Gasteiger partial charge is 0.0743 e. The van der Waals surface area contributed by atoms with Crippen molar-refractivity contribution in [3.8, 4) is 0 Å². The highest BCUT2D eigenvalue weighted by atomic mass is 35.5. The molecule has 4 heteroatoms. The molecule has 0 fully saturated rings. The molecular weight excluding hydrogens is 281 g/mol. The molecule has 1 aromatic carbocycles. The number of aliphatic hydroxyl groups is 1. The summed E-state index contributed by atoms with van der Waals surface area (Å²) < 4.78 is 0. The van der Waals surface area contributed by atoms with Crippen LogP contribution in [0.1, 0.15) is 51.6 Å². The van der Waals surface area contributed by atoms with E-state index < -0.39 is 5.60 Å². The normalized spacial score (nSPS) is 16.1. The molecule has 0 aliphatic rings. The minimum atomic E-state index is -0.679. The van der Waals surface area contributed by atoms with Gasteiger partial charge in [-0.25, -0.2) is 0 Å². The van der Waals surface area contributed by atoms with Gasteiger partial charge in [0, 0.05) is 22.6 Å². The summed E-state index contributed by atoms with van der Waals surface area (Å²) >= 11 is 12.1. The second kappa shape index (κ2) is 7.49. The highest BCUT2D eigenvalue weighted by Crippen LogP contribution is 2.28. The fourth-order valence-electron chi connectivity index (χ4n) is 2.23. The minimum absolute atomic E-state index is 0.132. The Morgan fingerprint density at radius 2 is 2.00 bits per heavy atom. The van der Waals surface area contributed by atoms with Gasteiger partial charge in [0.15, 0.2) is 0 Å². The van der Waals surface area contributed by atoms with Crippen molar-refractivity contribution in [3.63, 3.8) is 0 Å². The molecule has 0 aromatic heterocycles. The van der Waals surface area contributed by atoms with E-state index in [0.29, 0.717) is 16.6 Å². The maximum atomic E-state index is 10.2. The van der Waals surface area contributed by atoms with Crippen molar-refractivity contribution >= 4 is 23.2 Å². The number of hydrogen-bond acceptors (Lipinski definition) is 2. The summed E-state index contributed by atoms with van der Waals surface area (Å²) in [5.74, 6) is 0. The molecule has 2 atom stereocenters. The lowest BCUT2D eigenvalue weighted by Crippen LogP contribution is -2.39. The molecular formula is C15H23Cl2NO. The molecule has 0 heterocycles. The van der Waals surface area contributed by atoms with Crippen LogP contribution in [0.4, 0.5) is 0 Å². The Bertz CT molecular complexity index is 407. The highest BCUT2D eigenvalue weighted by Gasteiger charge is 2.21. The largest absolute Gasteiger partial charge is 0.389 e. The molecule has 0 radical (unpaired) electrons. The maximum absolute atomic E-state index is 10.2. The zero-order valence-corrected chi connectivity index (χ0v) is 13.4. The van der Waals surface area contributed by atoms with Gasteiger partial charge in [0.2, 0.25) is 0 Å². The lowest BCUT2D eigenvalue weighted by Gasteiger charge is -2.27. The summed E-state index contributed by atoms with van der Waals surface area (Å²) in [5.41, 5.74) is 0.349. The molecule has 0 saturated carbocycles. The number of rotatable bonds is 7. The van der Waals surface area contributed by atoms with Crippen molar-refractivity contribution in [1.29, 1.82) is 0 Å². The van der Waals surface area contributed by atoms with Crippen LogP contribution >= 0.6 is 23.2 Å². The van der Waals surface area contributed by atoms with Crippen molar-refractivity contribution in [2.24, 2.45) is 0 Å². The van der Waals surface area contributed by atoms with E-state index in [1.165, 1.54) is 0 Å². The summed E-state index contributed by atoms with van der Waals surface area (Å²) in [6, 6.07) is 5.68. The lowest BCUT2D eigenvalue weighted by molar-refractivity contribution is 0.0470. The summed E-state index contributed by atoms with van der Waals surface area (Å²) in [6.07, 6.45) is 2.65. The van der Waals surface area contributed by atoms with Crippen LogP contribution in [0.5, 0.6) is 0 Å². The first-order chi connectivity index (χ1) is 8.89. The zero-order chi connectivity index (χ0) is 14.5. The van der Waals surface area contributed by atoms with Gasteiger partial charge in [-0.3, -0.25) is 0 Å². The second-order valence-electron chi connectivity index (χ2n) is 5.25. The Kier molecular flexibility index (Phi) is 6.61. The third kappa shape index (κ3) is 5.31. The van der Waals surface area contributed by atoms with Crippen molar-refractivity contribution in [2.75, 3.05) is 6.54 Å². The molecule has 2 unspecified atom stereocenters. The molecule has 0 aliphatic carbocycles. The topological polar surface area (TPSA) is 32.3 Å². The fraction of sp³-hybridized carbons (Fsp3) is 0.600. The standard InChI is InChI=1S/C15H23Cl2NO/c1-4-8-15(3,19)10-18-14(5-2)12-7-6-11(16)9-13(12)17/h6-7,9,14,18-19H,4-5,8,10H2,1-3H3. The molecule has 2 nitrogen and oxygen atoms in total. The van der Waals surface area contributed by atoms with Crippen LogP contribution in [-0.4, -0.2) is 17.3 Å². The van der Waals surface area contributed by atoms with Gasteiger partial charge in [0.1, 0.15) is 0 Å². The van der Waals surface area contributed by atoms with Crippen LogP contribution in [-0.2, 0) is 0 Å². The molecule has 0 bridgehead atoms. The van der Waals surface area contributed by atoms with E-state index in [9.17, 15) is 5.11 Å². The first kappa shape index (κ1) is 16.8. The van der Waals surface area contributed by atoms with E-state index >= 15 is 0 Å². The average molecular weight is 304 g/mol. The predicted octanol–water partition coefficient (Wildman–Crippen LogP) is 4.59. The van der Waals surface area contributed by atoms with Crippen molar-refractivity contribution in [1.82, 2.24) is 5.32 Å². The number of benzene rings is 1. The van der Waals surface area contributed by atoms with E-state index in [4.69, 9.17) is 23.2 Å². The van der Waals surface area contributed by atoms with Gasteiger partial charge in [-0.05, 0) is 37.5 Å². The van der Waals surface area contributed by atoms with Gasteiger partial charge in [-0.15, -0.1) is 0 Å². The van der Waals surface area contributed by atoms with Crippen LogP contribution in [0.15, 0.2) is 18.2 Å². The second-order valence-corrected chi connectivity index (χ2v) is 6.10. The van der Waals surface area contributed by atoms with Gasteiger partial charge in [0.25, 0.3) is 0 Å². The summed E-state index contributed by atoms with van der Waals surface area (Å²) in [4.78, 5) is 0. The van der Waals surface area contributed by atoms with E-state index in [1.807, 2.05) is 19.1 Å². The van der Waals surface area contributed by atoms with E-state index in [-0.39, 0.29) is 6.04 Å². The molecule has 0 saturated heterocycles. The first-order valence-corrected chi connectivity index (χ1v) is 7.56. The van der Waals surface area contributed by atoms with E-state index in [1.54, 1.807) is 6.07 Å². The van der Waals surface area contributed by atoms with Crippen molar-refractivity contribution in [3.05, 3.63) is 33.8 Å². The van der Waals surface area contributed by atoms with Gasteiger partial charge >= 0.3 is 0 Å². The van der Waals surface area contributed by atoms with Crippen molar-refractivity contribution in [2.45, 2.75) is 51.7 Å². The quantitative estimate of drug-likeness (QED) is 0.772. The Hall–Kier alpha value is -0.280. The van der Waals surface area contributed by atoms with Gasteiger partial charge in [-0.2, -0.15) is 0 Å². The van der Waals surface area contributed by atoms with Crippen LogP contribution in [0.3, 0.4) is 0 Å². The Morgan fingerprint density at radius 1 is 1.32 bits per heavy atom. The van der Waals surface area contributed by atoms with Crippen molar-refractivity contribution < 1.29 is 5.11 Å². The Balaban J connectivity index is 2.73. The summed E-state index contributed by atoms with van der Waals surface area (Å²) in [7, 11) is 0. The van der Waals surface area contributed by atoms with Crippen LogP contribution in [0.25, 0.3) is 0 Å². The highest BCUT2D eigenvalue weighted by molar-refractivity contribution is 6.35. The van der Waals surface area contributed by atoms with E-state index in [0.717, 1.165) is 24.8 Å². The molecule has 108 valence electrons. The Morgan fingerprint density at radius 3 is 2.53 bits per heavy atom. The molecule has 0 amide bonds. The molecule has 1 aromatic rings. The van der Waals surface area contributed by atoms with Crippen LogP contribution < -0.4 is 5.32 Å². The minimum Gasteiger partial charge on any atom is -0.389 e. The molecule has 2 N–H and O–H groups in total. The fourth-order valence-corrected chi connectivity index (χ4v) is 2.77. The molecule has 0 aliphatic heterocycles. The number of nitrogens with one attached hydrogen (secondary N) is 1. The SMILES string of the molecule is CCCC(C)(O)CNC(CC)c1ccc(Cl)cc1Cl. The van der Waals surface area contributed by atoms with Gasteiger partial charge in [-0.1, -0.05) is 49.5 Å². The molecule has 0 spiro atoms. The lowest BCUT2D eigenvalue weighted by atomic mass is 9.98.